The van der Waals surface area contributed by atoms with E-state index in [9.17, 15) is 24.3 Å². The van der Waals surface area contributed by atoms with Crippen molar-refractivity contribution in [3.8, 4) is 0 Å². The summed E-state index contributed by atoms with van der Waals surface area (Å²) in [4.78, 5) is 56.3. The summed E-state index contributed by atoms with van der Waals surface area (Å²) in [6, 6.07) is 25.1. The van der Waals surface area contributed by atoms with Gasteiger partial charge >= 0.3 is 5.97 Å². The number of hydrogen-bond acceptors (Lipinski definition) is 8. The number of carbonyl (C=O) groups is 4. The third-order valence-corrected chi connectivity index (χ3v) is 9.18. The lowest BCUT2D eigenvalue weighted by Gasteiger charge is -2.33. The summed E-state index contributed by atoms with van der Waals surface area (Å²) < 4.78 is 19.9. The van der Waals surface area contributed by atoms with E-state index in [0.29, 0.717) is 30.5 Å². The van der Waals surface area contributed by atoms with Crippen LogP contribution in [0.25, 0.3) is 6.08 Å². The van der Waals surface area contributed by atoms with Gasteiger partial charge in [-0.25, -0.2) is 4.79 Å². The fourth-order valence-electron chi connectivity index (χ4n) is 6.69. The average molecular weight is 680 g/mol. The number of fused-ring (bicyclic) bond motifs is 1. The molecule has 0 saturated carbocycles. The summed E-state index contributed by atoms with van der Waals surface area (Å²) in [5.74, 6) is -2.94. The van der Waals surface area contributed by atoms with Crippen molar-refractivity contribution >= 4 is 29.8 Å². The average Bonchev–Trinajstić information content (AvgIpc) is 3.80. The molecule has 1 aliphatic carbocycles. The second-order valence-corrected chi connectivity index (χ2v) is 12.7. The van der Waals surface area contributed by atoms with Crippen molar-refractivity contribution in [1.29, 1.82) is 0 Å². The molecule has 3 amide bonds. The summed E-state index contributed by atoms with van der Waals surface area (Å²) in [5, 5.41) is 11.9. The van der Waals surface area contributed by atoms with Crippen molar-refractivity contribution in [2.75, 3.05) is 33.8 Å². The Hall–Kier alpha value is -5.10. The Morgan fingerprint density at radius 1 is 0.960 bits per heavy atom. The van der Waals surface area contributed by atoms with Crippen molar-refractivity contribution in [3.63, 3.8) is 0 Å². The zero-order chi connectivity index (χ0) is 35.3. The first-order valence-corrected chi connectivity index (χ1v) is 16.8. The number of nitrogens with one attached hydrogen (secondary N) is 1. The second kappa shape index (κ2) is 15.2. The van der Waals surface area contributed by atoms with Gasteiger partial charge in [-0.1, -0.05) is 78.9 Å². The Labute approximate surface area is 291 Å². The lowest BCUT2D eigenvalue weighted by molar-refractivity contribution is -0.157. The number of amides is 3. The molecule has 6 rings (SSSR count). The standard InChI is InChI=1S/C39H41N3O8/c1-41(2)34(44)20-19-26-12-9-10-17-30(26)38(47)48-32-24-27(37(46)42-22-11-18-31(42)36(45)40-21-23-43)25-33-35(32)50-39(49-33,28-13-5-3-6-14-28)29-15-7-4-8-16-29/h3-10,12-17,19-20,25,31-33,35,43H,11,18,21-24H2,1-2H3,(H,40,45). The lowest BCUT2D eigenvalue weighted by Crippen LogP contribution is -2.49. The van der Waals surface area contributed by atoms with Crippen LogP contribution >= 0.6 is 0 Å². The molecule has 11 nitrogen and oxygen atoms in total. The maximum absolute atomic E-state index is 14.2. The number of aliphatic hydroxyl groups is 1. The molecular formula is C39H41N3O8. The van der Waals surface area contributed by atoms with E-state index in [1.54, 1.807) is 50.5 Å². The van der Waals surface area contributed by atoms with E-state index in [4.69, 9.17) is 14.2 Å². The Kier molecular flexibility index (Phi) is 10.6. The summed E-state index contributed by atoms with van der Waals surface area (Å²) in [5.41, 5.74) is 2.54. The monoisotopic (exact) mass is 679 g/mol. The van der Waals surface area contributed by atoms with Gasteiger partial charge in [0.2, 0.25) is 23.5 Å². The zero-order valence-corrected chi connectivity index (χ0v) is 28.1. The second-order valence-electron chi connectivity index (χ2n) is 12.7. The topological polar surface area (TPSA) is 135 Å². The highest BCUT2D eigenvalue weighted by Crippen LogP contribution is 2.47. The van der Waals surface area contributed by atoms with E-state index in [1.165, 1.54) is 15.9 Å². The SMILES string of the molecule is CN(C)C(=O)C=Cc1ccccc1C(=O)OC1CC(C(=O)N2CCCC2C(=O)NCCO)=CC2OC(c3ccccc3)(c3ccccc3)OC21. The summed E-state index contributed by atoms with van der Waals surface area (Å²) in [6.45, 7) is 0.265. The Morgan fingerprint density at radius 3 is 2.28 bits per heavy atom. The number of nitrogens with zero attached hydrogens (tertiary/aromatic N) is 2. The minimum Gasteiger partial charge on any atom is -0.456 e. The van der Waals surface area contributed by atoms with Gasteiger partial charge in [-0.2, -0.15) is 0 Å². The van der Waals surface area contributed by atoms with Gasteiger partial charge in [0.1, 0.15) is 24.4 Å². The van der Waals surface area contributed by atoms with Crippen LogP contribution in [0, 0.1) is 0 Å². The first-order chi connectivity index (χ1) is 24.2. The van der Waals surface area contributed by atoms with Crippen LogP contribution in [0.4, 0.5) is 0 Å². The van der Waals surface area contributed by atoms with Crippen LogP contribution < -0.4 is 5.32 Å². The van der Waals surface area contributed by atoms with E-state index in [0.717, 1.165) is 11.1 Å². The van der Waals surface area contributed by atoms with Crippen molar-refractivity contribution in [3.05, 3.63) is 125 Å². The molecule has 2 fully saturated rings. The van der Waals surface area contributed by atoms with Crippen LogP contribution in [0.3, 0.4) is 0 Å². The summed E-state index contributed by atoms with van der Waals surface area (Å²) in [6.07, 6.45) is 3.30. The van der Waals surface area contributed by atoms with Gasteiger partial charge in [0, 0.05) is 56.4 Å². The van der Waals surface area contributed by atoms with E-state index in [-0.39, 0.29) is 42.9 Å². The number of likely N-dealkylation sites (N-methyl/N-ethyl adjacent to an activating group) is 1. The first-order valence-electron chi connectivity index (χ1n) is 16.8. The van der Waals surface area contributed by atoms with Gasteiger partial charge in [0.15, 0.2) is 0 Å². The number of hydrogen-bond donors (Lipinski definition) is 2. The quantitative estimate of drug-likeness (QED) is 0.246. The molecule has 3 aromatic rings. The normalized spacial score (nSPS) is 22.5. The highest BCUT2D eigenvalue weighted by molar-refractivity contribution is 5.99. The smallest absolute Gasteiger partial charge is 0.339 e. The Bertz CT molecular complexity index is 1730. The van der Waals surface area contributed by atoms with Crippen LogP contribution in [0.5, 0.6) is 0 Å². The maximum Gasteiger partial charge on any atom is 0.339 e. The number of esters is 1. The predicted molar refractivity (Wildman–Crippen MR) is 184 cm³/mol. The van der Waals surface area contributed by atoms with Gasteiger partial charge in [0.05, 0.1) is 12.2 Å². The van der Waals surface area contributed by atoms with Crippen molar-refractivity contribution in [2.24, 2.45) is 0 Å². The van der Waals surface area contributed by atoms with Crippen LogP contribution in [0.1, 0.15) is 46.3 Å². The van der Waals surface area contributed by atoms with Gasteiger partial charge in [0.25, 0.3) is 0 Å². The molecule has 50 heavy (non-hydrogen) atoms. The molecule has 11 heteroatoms. The minimum atomic E-state index is -1.37. The number of aliphatic hydroxyl groups excluding tert-OH is 1. The molecule has 3 aliphatic rings. The molecule has 260 valence electrons. The molecule has 4 unspecified atom stereocenters. The molecule has 0 spiro atoms. The molecule has 4 atom stereocenters. The van der Waals surface area contributed by atoms with Crippen LogP contribution in [0.15, 0.2) is 103 Å². The molecule has 2 heterocycles. The summed E-state index contributed by atoms with van der Waals surface area (Å²) in [7, 11) is 3.28. The van der Waals surface area contributed by atoms with Gasteiger partial charge in [-0.05, 0) is 36.6 Å². The number of carbonyl (C=O) groups excluding carboxylic acids is 4. The van der Waals surface area contributed by atoms with Crippen molar-refractivity contribution in [2.45, 2.75) is 49.4 Å². The molecule has 0 aromatic heterocycles. The van der Waals surface area contributed by atoms with Crippen LogP contribution in [-0.4, -0.2) is 96.7 Å². The highest BCUT2D eigenvalue weighted by Gasteiger charge is 2.55. The third kappa shape index (κ3) is 7.11. The molecule has 2 aliphatic heterocycles. The molecule has 2 N–H and O–H groups in total. The number of benzene rings is 3. The molecule has 2 saturated heterocycles. The molecule has 0 radical (unpaired) electrons. The Morgan fingerprint density at radius 2 is 1.62 bits per heavy atom. The third-order valence-electron chi connectivity index (χ3n) is 9.18. The van der Waals surface area contributed by atoms with Crippen molar-refractivity contribution in [1.82, 2.24) is 15.1 Å². The summed E-state index contributed by atoms with van der Waals surface area (Å²) >= 11 is 0. The van der Waals surface area contributed by atoms with Gasteiger partial charge in [-0.3, -0.25) is 14.4 Å². The number of ether oxygens (including phenoxy) is 3. The van der Waals surface area contributed by atoms with Crippen LogP contribution in [-0.2, 0) is 34.4 Å². The van der Waals surface area contributed by atoms with Gasteiger partial charge in [-0.15, -0.1) is 0 Å². The van der Waals surface area contributed by atoms with Crippen LogP contribution in [0.2, 0.25) is 0 Å². The molecule has 3 aromatic carbocycles. The van der Waals surface area contributed by atoms with E-state index < -0.39 is 36.1 Å². The van der Waals surface area contributed by atoms with Gasteiger partial charge < -0.3 is 34.4 Å². The lowest BCUT2D eigenvalue weighted by atomic mass is 9.91. The molecule has 0 bridgehead atoms. The fourth-order valence-corrected chi connectivity index (χ4v) is 6.69. The predicted octanol–water partition coefficient (Wildman–Crippen LogP) is 3.43. The number of rotatable bonds is 10. The Balaban J connectivity index is 1.36. The number of likely N-dealkylation sites (tertiary alicyclic amines) is 1. The van der Waals surface area contributed by atoms with Crippen molar-refractivity contribution < 1.29 is 38.5 Å². The maximum atomic E-state index is 14.2. The van der Waals surface area contributed by atoms with E-state index in [2.05, 4.69) is 5.32 Å². The van der Waals surface area contributed by atoms with E-state index >= 15 is 0 Å². The zero-order valence-electron chi connectivity index (χ0n) is 28.1. The highest BCUT2D eigenvalue weighted by atomic mass is 16.8. The fraction of sp³-hybridized carbons (Fsp3) is 0.333. The largest absolute Gasteiger partial charge is 0.456 e. The first kappa shape index (κ1) is 34.8. The minimum absolute atomic E-state index is 0.0212. The molecular weight excluding hydrogens is 638 g/mol. The van der Waals surface area contributed by atoms with E-state index in [1.807, 2.05) is 60.7 Å².